The molecule has 5 N–H and O–H groups in total. The lowest BCUT2D eigenvalue weighted by molar-refractivity contribution is -0.117. The number of oxazole rings is 1. The molecule has 192 valence electrons. The topological polar surface area (TPSA) is 130 Å². The van der Waals surface area contributed by atoms with Crippen LogP contribution in [0.4, 0.5) is 6.01 Å². The van der Waals surface area contributed by atoms with Crippen LogP contribution in [0, 0.1) is 6.92 Å². The molecule has 0 saturated heterocycles. The smallest absolute Gasteiger partial charge is 0.302 e. The number of carbonyl (C=O) groups excluding carboxylic acids is 1. The minimum Gasteiger partial charge on any atom is -0.423 e. The lowest BCUT2D eigenvalue weighted by Gasteiger charge is -2.27. The zero-order chi connectivity index (χ0) is 26.5. The number of rotatable bonds is 7. The van der Waals surface area contributed by atoms with Gasteiger partial charge in [-0.25, -0.2) is 4.99 Å². The van der Waals surface area contributed by atoms with Gasteiger partial charge in [0.2, 0.25) is 5.96 Å². The van der Waals surface area contributed by atoms with Crippen molar-refractivity contribution in [1.82, 2.24) is 15.6 Å². The third-order valence-electron chi connectivity index (χ3n) is 6.00. The van der Waals surface area contributed by atoms with Crippen molar-refractivity contribution in [1.29, 1.82) is 0 Å². The Hall–Kier alpha value is -4.11. The van der Waals surface area contributed by atoms with Crippen molar-refractivity contribution in [3.05, 3.63) is 81.2 Å². The average Bonchev–Trinajstić information content (AvgIpc) is 3.28. The van der Waals surface area contributed by atoms with Crippen LogP contribution in [0.5, 0.6) is 0 Å². The number of halogens is 1. The first-order valence-electron chi connectivity index (χ1n) is 11.9. The van der Waals surface area contributed by atoms with Gasteiger partial charge in [0.15, 0.2) is 5.58 Å². The van der Waals surface area contributed by atoms with E-state index < -0.39 is 6.04 Å². The number of aromatic nitrogens is 1. The second kappa shape index (κ2) is 11.3. The molecule has 1 aliphatic rings. The van der Waals surface area contributed by atoms with E-state index in [2.05, 4.69) is 32.9 Å². The Labute approximate surface area is 220 Å². The molecule has 0 bridgehead atoms. The number of allylic oxidation sites excluding steroid dienone is 1. The summed E-state index contributed by atoms with van der Waals surface area (Å²) in [5.41, 5.74) is 11.6. The number of carbonyl (C=O) groups is 1. The van der Waals surface area contributed by atoms with Crippen molar-refractivity contribution in [2.75, 3.05) is 18.9 Å². The maximum absolute atomic E-state index is 13.4. The van der Waals surface area contributed by atoms with E-state index in [0.29, 0.717) is 39.4 Å². The Kier molecular flexibility index (Phi) is 7.93. The van der Waals surface area contributed by atoms with Gasteiger partial charge in [-0.05, 0) is 43.5 Å². The van der Waals surface area contributed by atoms with E-state index >= 15 is 0 Å². The third-order valence-corrected chi connectivity index (χ3v) is 6.33. The van der Waals surface area contributed by atoms with Gasteiger partial charge in [-0.1, -0.05) is 42.8 Å². The molecule has 1 atom stereocenters. The largest absolute Gasteiger partial charge is 0.423 e. The Morgan fingerprint density at radius 1 is 1.30 bits per heavy atom. The SMILES string of the molecule is CCc1cccc2nc(NC3=NC(c4ccc(C)cc4Cl)C(C(=O)NCC(C=NC)=CN)=C(C)N3)oc12. The van der Waals surface area contributed by atoms with Gasteiger partial charge in [-0.15, -0.1) is 0 Å². The number of hydrogen-bond donors (Lipinski definition) is 4. The number of fused-ring (bicyclic) bond motifs is 1. The molecule has 1 aromatic heterocycles. The quantitative estimate of drug-likeness (QED) is 0.342. The molecule has 2 heterocycles. The first kappa shape index (κ1) is 26.0. The van der Waals surface area contributed by atoms with Crippen LogP contribution in [0.1, 0.15) is 36.6 Å². The second-order valence-corrected chi connectivity index (χ2v) is 9.05. The Balaban J connectivity index is 1.68. The molecule has 4 rings (SSSR count). The van der Waals surface area contributed by atoms with E-state index in [1.807, 2.05) is 50.2 Å². The molecule has 1 amide bonds. The van der Waals surface area contributed by atoms with Crippen molar-refractivity contribution in [2.45, 2.75) is 33.2 Å². The summed E-state index contributed by atoms with van der Waals surface area (Å²) in [6.07, 6.45) is 3.83. The van der Waals surface area contributed by atoms with Crippen LogP contribution in [0.25, 0.3) is 11.1 Å². The van der Waals surface area contributed by atoms with Crippen LogP contribution in [0.2, 0.25) is 5.02 Å². The van der Waals surface area contributed by atoms with Gasteiger partial charge in [0.05, 0.1) is 5.57 Å². The summed E-state index contributed by atoms with van der Waals surface area (Å²) in [5.74, 6) is 0.0914. The third kappa shape index (κ3) is 5.67. The van der Waals surface area contributed by atoms with Gasteiger partial charge in [-0.3, -0.25) is 15.1 Å². The number of aryl methyl sites for hydroxylation is 2. The molecule has 2 aromatic carbocycles. The van der Waals surface area contributed by atoms with Gasteiger partial charge in [-0.2, -0.15) is 4.98 Å². The molecule has 0 fully saturated rings. The summed E-state index contributed by atoms with van der Waals surface area (Å²) in [7, 11) is 1.64. The van der Waals surface area contributed by atoms with E-state index in [9.17, 15) is 4.79 Å². The molecular formula is C27H30ClN7O2. The van der Waals surface area contributed by atoms with Crippen LogP contribution in [-0.4, -0.2) is 36.7 Å². The standard InChI is InChI=1S/C27H30ClN7O2/c1-5-18-7-6-8-21-24(18)37-27(33-21)35-26-32-16(3)22(25(36)31-14-17(12-29)13-30-4)23(34-26)19-10-9-15(2)11-20(19)28/h6-13,23H,5,14,29H2,1-4H3,(H,31,36)(H2,32,33,34,35). The number of nitrogens with zero attached hydrogens (tertiary/aromatic N) is 3. The first-order chi connectivity index (χ1) is 17.8. The van der Waals surface area contributed by atoms with Crippen molar-refractivity contribution in [3.63, 3.8) is 0 Å². The molecule has 10 heteroatoms. The lowest BCUT2D eigenvalue weighted by Crippen LogP contribution is -2.39. The highest BCUT2D eigenvalue weighted by molar-refractivity contribution is 6.31. The molecule has 3 aromatic rings. The number of hydrogen-bond acceptors (Lipinski definition) is 8. The molecular weight excluding hydrogens is 490 g/mol. The van der Waals surface area contributed by atoms with Crippen LogP contribution < -0.4 is 21.7 Å². The summed E-state index contributed by atoms with van der Waals surface area (Å²) < 4.78 is 5.99. The number of para-hydroxylation sites is 1. The van der Waals surface area contributed by atoms with Gasteiger partial charge in [0.1, 0.15) is 11.6 Å². The normalized spacial score (nSPS) is 16.2. The van der Waals surface area contributed by atoms with Gasteiger partial charge < -0.3 is 20.8 Å². The van der Waals surface area contributed by atoms with Crippen molar-refractivity contribution >= 4 is 46.8 Å². The predicted octanol–water partition coefficient (Wildman–Crippen LogP) is 4.40. The minimum absolute atomic E-state index is 0.218. The Bertz CT molecular complexity index is 1450. The number of anilines is 1. The fourth-order valence-corrected chi connectivity index (χ4v) is 4.48. The average molecular weight is 520 g/mol. The summed E-state index contributed by atoms with van der Waals surface area (Å²) in [5, 5.41) is 9.72. The Morgan fingerprint density at radius 2 is 2.11 bits per heavy atom. The fourth-order valence-electron chi connectivity index (χ4n) is 4.14. The molecule has 9 nitrogen and oxygen atoms in total. The number of nitrogens with one attached hydrogen (secondary N) is 3. The van der Waals surface area contributed by atoms with Gasteiger partial charge in [0.25, 0.3) is 5.91 Å². The van der Waals surface area contributed by atoms with E-state index in [1.54, 1.807) is 13.3 Å². The zero-order valence-electron chi connectivity index (χ0n) is 21.2. The summed E-state index contributed by atoms with van der Waals surface area (Å²) in [6, 6.07) is 11.2. The van der Waals surface area contributed by atoms with E-state index in [1.165, 1.54) is 6.20 Å². The predicted molar refractivity (Wildman–Crippen MR) is 149 cm³/mol. The second-order valence-electron chi connectivity index (χ2n) is 8.64. The summed E-state index contributed by atoms with van der Waals surface area (Å²) >= 11 is 6.63. The minimum atomic E-state index is -0.669. The van der Waals surface area contributed by atoms with E-state index in [-0.39, 0.29) is 12.5 Å². The number of nitrogens with two attached hydrogens (primary N) is 1. The summed E-state index contributed by atoms with van der Waals surface area (Å²) in [6.45, 7) is 6.05. The Morgan fingerprint density at radius 3 is 2.81 bits per heavy atom. The van der Waals surface area contributed by atoms with E-state index in [4.69, 9.17) is 26.7 Å². The van der Waals surface area contributed by atoms with Crippen LogP contribution in [-0.2, 0) is 11.2 Å². The number of guanidine groups is 1. The number of amides is 1. The lowest BCUT2D eigenvalue weighted by atomic mass is 9.95. The van der Waals surface area contributed by atoms with Gasteiger partial charge in [0, 0.05) is 47.9 Å². The fraction of sp³-hybridized carbons (Fsp3) is 0.259. The molecule has 1 unspecified atom stereocenters. The maximum atomic E-state index is 13.4. The van der Waals surface area contributed by atoms with Crippen LogP contribution in [0.15, 0.2) is 73.8 Å². The first-order valence-corrected chi connectivity index (χ1v) is 12.3. The van der Waals surface area contributed by atoms with Crippen molar-refractivity contribution in [3.8, 4) is 0 Å². The van der Waals surface area contributed by atoms with Crippen LogP contribution in [0.3, 0.4) is 0 Å². The van der Waals surface area contributed by atoms with E-state index in [0.717, 1.165) is 28.6 Å². The molecule has 0 saturated carbocycles. The van der Waals surface area contributed by atoms with Gasteiger partial charge >= 0.3 is 6.01 Å². The monoisotopic (exact) mass is 519 g/mol. The molecule has 0 aliphatic carbocycles. The molecule has 1 aliphatic heterocycles. The van der Waals surface area contributed by atoms with Crippen molar-refractivity contribution in [2.24, 2.45) is 15.7 Å². The van der Waals surface area contributed by atoms with Crippen molar-refractivity contribution < 1.29 is 9.21 Å². The summed E-state index contributed by atoms with van der Waals surface area (Å²) in [4.78, 5) is 26.7. The zero-order valence-corrected chi connectivity index (χ0v) is 22.0. The highest BCUT2D eigenvalue weighted by Gasteiger charge is 2.31. The molecule has 37 heavy (non-hydrogen) atoms. The van der Waals surface area contributed by atoms with Crippen LogP contribution >= 0.6 is 11.6 Å². The maximum Gasteiger partial charge on any atom is 0.302 e. The molecule has 0 spiro atoms. The molecule has 0 radical (unpaired) electrons. The number of aliphatic imine (C=N–C) groups is 2. The highest BCUT2D eigenvalue weighted by Crippen LogP contribution is 2.35. The highest BCUT2D eigenvalue weighted by atomic mass is 35.5. The number of benzene rings is 2.